The van der Waals surface area contributed by atoms with Crippen molar-refractivity contribution in [1.29, 1.82) is 0 Å². The molecule has 8 nitrogen and oxygen atoms in total. The third-order valence-electron chi connectivity index (χ3n) is 5.68. The second-order valence-electron chi connectivity index (χ2n) is 7.94. The minimum absolute atomic E-state index is 0.106. The molecule has 0 saturated carbocycles. The van der Waals surface area contributed by atoms with Gasteiger partial charge < -0.3 is 24.8 Å². The van der Waals surface area contributed by atoms with E-state index in [4.69, 9.17) is 25.8 Å². The number of nitrogens with zero attached hydrogens (tertiary/aromatic N) is 1. The van der Waals surface area contributed by atoms with E-state index in [0.29, 0.717) is 33.3 Å². The van der Waals surface area contributed by atoms with Gasteiger partial charge in [-0.05, 0) is 48.5 Å². The van der Waals surface area contributed by atoms with Crippen molar-refractivity contribution in [3.63, 3.8) is 0 Å². The molecule has 0 unspecified atom stereocenters. The van der Waals surface area contributed by atoms with Gasteiger partial charge in [0, 0.05) is 29.2 Å². The first-order valence-corrected chi connectivity index (χ1v) is 11.3. The van der Waals surface area contributed by atoms with E-state index in [1.807, 2.05) is 30.3 Å². The van der Waals surface area contributed by atoms with E-state index in [2.05, 4.69) is 10.6 Å². The maximum Gasteiger partial charge on any atom is 0.256 e. The molecule has 1 aliphatic rings. The predicted octanol–water partition coefficient (Wildman–Crippen LogP) is 4.64. The van der Waals surface area contributed by atoms with Crippen molar-refractivity contribution in [1.82, 2.24) is 4.57 Å². The molecule has 9 heteroatoms. The van der Waals surface area contributed by atoms with Crippen LogP contribution in [0.25, 0.3) is 10.9 Å². The molecule has 0 bridgehead atoms. The maximum absolute atomic E-state index is 13.5. The molecular weight excluding hydrogens is 470 g/mol. The summed E-state index contributed by atoms with van der Waals surface area (Å²) >= 11 is 6.18. The van der Waals surface area contributed by atoms with Crippen molar-refractivity contribution in [2.75, 3.05) is 24.5 Å². The van der Waals surface area contributed by atoms with Gasteiger partial charge in [0.2, 0.25) is 12.7 Å². The fourth-order valence-electron chi connectivity index (χ4n) is 3.91. The number of amides is 1. The van der Waals surface area contributed by atoms with Crippen LogP contribution in [0.1, 0.15) is 5.56 Å². The number of nitrogens with one attached hydrogen (secondary N) is 2. The van der Waals surface area contributed by atoms with Crippen LogP contribution in [-0.2, 0) is 17.9 Å². The first-order chi connectivity index (χ1) is 17.0. The quantitative estimate of drug-likeness (QED) is 0.391. The first kappa shape index (κ1) is 22.6. The number of para-hydroxylation sites is 1. The van der Waals surface area contributed by atoms with Crippen molar-refractivity contribution in [2.24, 2.45) is 0 Å². The van der Waals surface area contributed by atoms with Crippen LogP contribution in [0.3, 0.4) is 0 Å². The Balaban J connectivity index is 1.48. The SMILES string of the molecule is COc1ccc(NCc2cc3cc4c(cc3n(CC(=O)Nc3ccccc3Cl)c2=O)OCO4)cc1. The van der Waals surface area contributed by atoms with Gasteiger partial charge in [-0.15, -0.1) is 0 Å². The van der Waals surface area contributed by atoms with Crippen LogP contribution >= 0.6 is 11.6 Å². The zero-order valence-corrected chi connectivity index (χ0v) is 19.6. The molecule has 178 valence electrons. The number of rotatable bonds is 7. The van der Waals surface area contributed by atoms with Crippen molar-refractivity contribution in [3.8, 4) is 17.2 Å². The minimum Gasteiger partial charge on any atom is -0.497 e. The highest BCUT2D eigenvalue weighted by Crippen LogP contribution is 2.36. The number of anilines is 2. The summed E-state index contributed by atoms with van der Waals surface area (Å²) in [4.78, 5) is 26.4. The topological polar surface area (TPSA) is 90.8 Å². The van der Waals surface area contributed by atoms with Crippen LogP contribution in [0.2, 0.25) is 5.02 Å². The van der Waals surface area contributed by atoms with Crippen LogP contribution in [0.15, 0.2) is 71.5 Å². The maximum atomic E-state index is 13.5. The largest absolute Gasteiger partial charge is 0.497 e. The Morgan fingerprint density at radius 3 is 2.54 bits per heavy atom. The number of fused-ring (bicyclic) bond motifs is 2. The van der Waals surface area contributed by atoms with Crippen LogP contribution in [0.4, 0.5) is 11.4 Å². The molecular formula is C26H22ClN3O5. The van der Waals surface area contributed by atoms with Gasteiger partial charge in [0.1, 0.15) is 12.3 Å². The summed E-state index contributed by atoms with van der Waals surface area (Å²) in [7, 11) is 1.60. The number of ether oxygens (including phenoxy) is 3. The molecule has 35 heavy (non-hydrogen) atoms. The Bertz CT molecular complexity index is 1470. The third kappa shape index (κ3) is 4.74. The lowest BCUT2D eigenvalue weighted by Crippen LogP contribution is -2.30. The van der Waals surface area contributed by atoms with Gasteiger partial charge in [-0.3, -0.25) is 14.2 Å². The van der Waals surface area contributed by atoms with Gasteiger partial charge in [0.05, 0.1) is 23.3 Å². The number of carbonyl (C=O) groups excluding carboxylic acids is 1. The minimum atomic E-state index is -0.376. The molecule has 1 amide bonds. The van der Waals surface area contributed by atoms with Gasteiger partial charge in [0.25, 0.3) is 5.56 Å². The van der Waals surface area contributed by atoms with E-state index in [1.165, 1.54) is 4.57 Å². The van der Waals surface area contributed by atoms with E-state index < -0.39 is 0 Å². The molecule has 0 saturated heterocycles. The third-order valence-corrected chi connectivity index (χ3v) is 6.01. The zero-order valence-electron chi connectivity index (χ0n) is 18.8. The fourth-order valence-corrected chi connectivity index (χ4v) is 4.10. The average molecular weight is 492 g/mol. The molecule has 0 aliphatic carbocycles. The Hall–Kier alpha value is -4.17. The number of aromatic nitrogens is 1. The number of benzene rings is 3. The van der Waals surface area contributed by atoms with E-state index in [-0.39, 0.29) is 31.3 Å². The van der Waals surface area contributed by atoms with Crippen molar-refractivity contribution < 1.29 is 19.0 Å². The molecule has 1 aliphatic heterocycles. The van der Waals surface area contributed by atoms with Crippen molar-refractivity contribution >= 4 is 39.8 Å². The molecule has 4 aromatic rings. The summed E-state index contributed by atoms with van der Waals surface area (Å²) in [6.07, 6.45) is 0. The number of methoxy groups -OCH3 is 1. The number of hydrogen-bond donors (Lipinski definition) is 2. The molecule has 3 aromatic carbocycles. The number of halogens is 1. The van der Waals surface area contributed by atoms with Crippen LogP contribution in [-0.4, -0.2) is 24.4 Å². The number of carbonyl (C=O) groups is 1. The second-order valence-corrected chi connectivity index (χ2v) is 8.34. The Morgan fingerprint density at radius 2 is 1.80 bits per heavy atom. The summed E-state index contributed by atoms with van der Waals surface area (Å²) in [5.41, 5.74) is 2.09. The van der Waals surface area contributed by atoms with Crippen LogP contribution in [0.5, 0.6) is 17.2 Å². The van der Waals surface area contributed by atoms with Gasteiger partial charge in [-0.2, -0.15) is 0 Å². The standard InChI is InChI=1S/C26H22ClN3O5/c1-33-19-8-6-18(7-9-19)28-13-17-10-16-11-23-24(35-15-34-23)12-22(16)30(26(17)32)14-25(31)29-21-5-3-2-4-20(21)27/h2-12,28H,13-15H2,1H3,(H,29,31). The van der Waals surface area contributed by atoms with E-state index in [9.17, 15) is 9.59 Å². The van der Waals surface area contributed by atoms with Crippen LogP contribution in [0, 0.1) is 0 Å². The summed E-state index contributed by atoms with van der Waals surface area (Å²) in [6.45, 7) is 0.174. The molecule has 1 aromatic heterocycles. The molecule has 0 fully saturated rings. The van der Waals surface area contributed by atoms with E-state index >= 15 is 0 Å². The highest BCUT2D eigenvalue weighted by molar-refractivity contribution is 6.33. The van der Waals surface area contributed by atoms with E-state index in [1.54, 1.807) is 43.5 Å². The lowest BCUT2D eigenvalue weighted by molar-refractivity contribution is -0.116. The lowest BCUT2D eigenvalue weighted by atomic mass is 10.1. The highest BCUT2D eigenvalue weighted by Gasteiger charge is 2.19. The number of pyridine rings is 1. The molecule has 2 N–H and O–H groups in total. The normalized spacial score (nSPS) is 11.9. The van der Waals surface area contributed by atoms with Gasteiger partial charge >= 0.3 is 0 Å². The molecule has 2 heterocycles. The lowest BCUT2D eigenvalue weighted by Gasteiger charge is -2.15. The average Bonchev–Trinajstić information content (AvgIpc) is 3.33. The molecule has 0 spiro atoms. The Labute approximate surface area is 206 Å². The second kappa shape index (κ2) is 9.60. The predicted molar refractivity (Wildman–Crippen MR) is 135 cm³/mol. The molecule has 0 radical (unpaired) electrons. The van der Waals surface area contributed by atoms with Crippen molar-refractivity contribution in [2.45, 2.75) is 13.1 Å². The summed E-state index contributed by atoms with van der Waals surface area (Å²) in [5, 5.41) is 7.20. The number of hydrogen-bond acceptors (Lipinski definition) is 6. The van der Waals surface area contributed by atoms with Gasteiger partial charge in [0.15, 0.2) is 11.5 Å². The smallest absolute Gasteiger partial charge is 0.256 e. The van der Waals surface area contributed by atoms with Gasteiger partial charge in [-0.1, -0.05) is 23.7 Å². The molecule has 0 atom stereocenters. The van der Waals surface area contributed by atoms with Gasteiger partial charge in [-0.25, -0.2) is 0 Å². The van der Waals surface area contributed by atoms with Crippen LogP contribution < -0.4 is 30.4 Å². The fraction of sp³-hybridized carbons (Fsp3) is 0.154. The Kier molecular flexibility index (Phi) is 6.20. The highest BCUT2D eigenvalue weighted by atomic mass is 35.5. The Morgan fingerprint density at radius 1 is 1.06 bits per heavy atom. The summed E-state index contributed by atoms with van der Waals surface area (Å²) in [6, 6.07) is 19.7. The monoisotopic (exact) mass is 491 g/mol. The summed E-state index contributed by atoms with van der Waals surface area (Å²) in [5.74, 6) is 1.49. The van der Waals surface area contributed by atoms with Crippen molar-refractivity contribution in [3.05, 3.63) is 87.7 Å². The van der Waals surface area contributed by atoms with E-state index in [0.717, 1.165) is 16.8 Å². The first-order valence-electron chi connectivity index (χ1n) is 10.9. The summed E-state index contributed by atoms with van der Waals surface area (Å²) < 4.78 is 17.6. The molecule has 5 rings (SSSR count). The zero-order chi connectivity index (χ0) is 24.4.